The summed E-state index contributed by atoms with van der Waals surface area (Å²) in [6.07, 6.45) is 0. The third-order valence-corrected chi connectivity index (χ3v) is 6.94. The van der Waals surface area contributed by atoms with Gasteiger partial charge in [0.15, 0.2) is 4.75 Å². The van der Waals surface area contributed by atoms with Gasteiger partial charge >= 0.3 is 5.97 Å². The molecule has 4 atom stereocenters. The fraction of sp³-hybridized carbons (Fsp3) is 0.500. The van der Waals surface area contributed by atoms with E-state index in [4.69, 9.17) is 4.74 Å². The zero-order valence-electron chi connectivity index (χ0n) is 10.7. The van der Waals surface area contributed by atoms with E-state index in [-0.39, 0.29) is 17.3 Å². The summed E-state index contributed by atoms with van der Waals surface area (Å²) in [6.45, 7) is 6.37. The van der Waals surface area contributed by atoms with Crippen molar-refractivity contribution in [3.05, 3.63) is 29.8 Å². The number of benzene rings is 1. The normalized spacial score (nSPS) is 39.1. The molecule has 0 amide bonds. The van der Waals surface area contributed by atoms with Gasteiger partial charge in [-0.05, 0) is 25.0 Å². The highest BCUT2D eigenvalue weighted by Gasteiger charge is 2.84. The maximum atomic E-state index is 12.8. The predicted molar refractivity (Wildman–Crippen MR) is 68.5 cm³/mol. The molecule has 3 nitrogen and oxygen atoms in total. The molecule has 96 valence electrons. The minimum absolute atomic E-state index is 0.119. The van der Waals surface area contributed by atoms with Gasteiger partial charge in [-0.1, -0.05) is 31.5 Å². The summed E-state index contributed by atoms with van der Waals surface area (Å²) in [5.41, 5.74) is 0.855. The summed E-state index contributed by atoms with van der Waals surface area (Å²) in [7, 11) is -1.33. The van der Waals surface area contributed by atoms with Crippen LogP contribution in [0.25, 0.3) is 0 Å². The second kappa shape index (κ2) is 3.44. The maximum absolute atomic E-state index is 12.8. The van der Waals surface area contributed by atoms with Crippen LogP contribution in [0, 0.1) is 18.3 Å². The van der Waals surface area contributed by atoms with E-state index in [0.717, 1.165) is 10.5 Å². The molecule has 1 aliphatic carbocycles. The molecule has 3 rings (SSSR count). The second-order valence-corrected chi connectivity index (χ2v) is 7.19. The third kappa shape index (κ3) is 1.14. The van der Waals surface area contributed by atoms with Crippen LogP contribution in [-0.2, 0) is 20.3 Å². The number of hydrogen-bond donors (Lipinski definition) is 0. The van der Waals surface area contributed by atoms with E-state index >= 15 is 0 Å². The van der Waals surface area contributed by atoms with Gasteiger partial charge in [0.25, 0.3) is 0 Å². The SMILES string of the molecule is Cc1ccc(S(=O)[C@@]23C(=O)OC[C@]2(C)[C@H]3C)cc1. The Morgan fingerprint density at radius 3 is 2.44 bits per heavy atom. The van der Waals surface area contributed by atoms with Crippen LogP contribution < -0.4 is 0 Å². The summed E-state index contributed by atoms with van der Waals surface area (Å²) in [5.74, 6) is -0.176. The Morgan fingerprint density at radius 1 is 1.33 bits per heavy atom. The number of ether oxygens (including phenoxy) is 1. The van der Waals surface area contributed by atoms with Crippen molar-refractivity contribution >= 4 is 16.8 Å². The van der Waals surface area contributed by atoms with Crippen molar-refractivity contribution in [3.63, 3.8) is 0 Å². The smallest absolute Gasteiger partial charge is 0.326 e. The summed E-state index contributed by atoms with van der Waals surface area (Å²) >= 11 is 0. The first-order valence-electron chi connectivity index (χ1n) is 6.10. The predicted octanol–water partition coefficient (Wildman–Crippen LogP) is 2.05. The highest BCUT2D eigenvalue weighted by Crippen LogP contribution is 2.69. The molecular weight excluding hydrogens is 248 g/mol. The van der Waals surface area contributed by atoms with E-state index < -0.39 is 15.5 Å². The average molecular weight is 264 g/mol. The van der Waals surface area contributed by atoms with Crippen LogP contribution in [0.15, 0.2) is 29.2 Å². The first-order chi connectivity index (χ1) is 8.44. The number of cyclic esters (lactones) is 1. The van der Waals surface area contributed by atoms with Crippen molar-refractivity contribution in [2.45, 2.75) is 30.4 Å². The Balaban J connectivity index is 2.03. The van der Waals surface area contributed by atoms with Gasteiger partial charge in [0, 0.05) is 10.3 Å². The molecule has 2 aliphatic rings. The lowest BCUT2D eigenvalue weighted by Crippen LogP contribution is -2.30. The molecule has 1 aromatic rings. The second-order valence-electron chi connectivity index (χ2n) is 5.53. The van der Waals surface area contributed by atoms with E-state index in [2.05, 4.69) is 0 Å². The van der Waals surface area contributed by atoms with Gasteiger partial charge in [0.2, 0.25) is 0 Å². The molecule has 1 aliphatic heterocycles. The lowest BCUT2D eigenvalue weighted by molar-refractivity contribution is -0.140. The molecule has 1 saturated heterocycles. The maximum Gasteiger partial charge on any atom is 0.326 e. The van der Waals surface area contributed by atoms with Crippen LogP contribution in [-0.4, -0.2) is 21.5 Å². The largest absolute Gasteiger partial charge is 0.464 e. The van der Waals surface area contributed by atoms with Crippen molar-refractivity contribution in [1.82, 2.24) is 0 Å². The Kier molecular flexibility index (Phi) is 2.28. The van der Waals surface area contributed by atoms with Crippen LogP contribution in [0.5, 0.6) is 0 Å². The summed E-state index contributed by atoms with van der Waals surface area (Å²) in [5, 5.41) is 0. The van der Waals surface area contributed by atoms with Crippen LogP contribution in [0.4, 0.5) is 0 Å². The van der Waals surface area contributed by atoms with Gasteiger partial charge in [-0.25, -0.2) is 0 Å². The highest BCUT2D eigenvalue weighted by molar-refractivity contribution is 7.87. The van der Waals surface area contributed by atoms with Gasteiger partial charge in [-0.3, -0.25) is 9.00 Å². The van der Waals surface area contributed by atoms with Gasteiger partial charge in [0.05, 0.1) is 17.4 Å². The molecule has 0 N–H and O–H groups in total. The van der Waals surface area contributed by atoms with Crippen molar-refractivity contribution in [1.29, 1.82) is 0 Å². The fourth-order valence-corrected chi connectivity index (χ4v) is 5.28. The number of aryl methyl sites for hydroxylation is 1. The first kappa shape index (κ1) is 11.9. The Morgan fingerprint density at radius 2 is 1.94 bits per heavy atom. The number of carbonyl (C=O) groups is 1. The van der Waals surface area contributed by atoms with Gasteiger partial charge in [-0.15, -0.1) is 0 Å². The van der Waals surface area contributed by atoms with Crippen LogP contribution in [0.3, 0.4) is 0 Å². The summed E-state index contributed by atoms with van der Waals surface area (Å²) < 4.78 is 17.1. The zero-order valence-corrected chi connectivity index (χ0v) is 11.5. The molecule has 2 fully saturated rings. The summed E-state index contributed by atoms with van der Waals surface area (Å²) in [4.78, 5) is 12.7. The molecular formula is C14H16O3S. The highest BCUT2D eigenvalue weighted by atomic mass is 32.2. The topological polar surface area (TPSA) is 43.4 Å². The van der Waals surface area contributed by atoms with E-state index in [9.17, 15) is 9.00 Å². The monoisotopic (exact) mass is 264 g/mol. The van der Waals surface area contributed by atoms with Gasteiger partial charge in [0.1, 0.15) is 0 Å². The molecule has 4 heteroatoms. The van der Waals surface area contributed by atoms with Gasteiger partial charge in [-0.2, -0.15) is 0 Å². The molecule has 1 saturated carbocycles. The summed E-state index contributed by atoms with van der Waals surface area (Å²) in [6, 6.07) is 7.54. The van der Waals surface area contributed by atoms with Crippen LogP contribution in [0.2, 0.25) is 0 Å². The molecule has 0 aromatic heterocycles. The van der Waals surface area contributed by atoms with Crippen molar-refractivity contribution in [3.8, 4) is 0 Å². The quantitative estimate of drug-likeness (QED) is 0.768. The fourth-order valence-electron chi connectivity index (χ4n) is 3.13. The van der Waals surface area contributed by atoms with Crippen molar-refractivity contribution in [2.75, 3.05) is 6.61 Å². The molecule has 1 unspecified atom stereocenters. The number of hydrogen-bond acceptors (Lipinski definition) is 3. The van der Waals surface area contributed by atoms with Crippen molar-refractivity contribution in [2.24, 2.45) is 11.3 Å². The van der Waals surface area contributed by atoms with Crippen molar-refractivity contribution < 1.29 is 13.7 Å². The lowest BCUT2D eigenvalue weighted by Gasteiger charge is -2.11. The standard InChI is InChI=1S/C14H16O3S/c1-9-4-6-11(7-5-9)18(16)14-10(2)13(14,3)8-17-12(14)15/h4-7,10H,8H2,1-3H3/t10-,13-,14+,18?/m1/s1. The number of rotatable bonds is 2. The Bertz CT molecular complexity index is 551. The minimum atomic E-state index is -1.33. The van der Waals surface area contributed by atoms with Gasteiger partial charge < -0.3 is 4.74 Å². The van der Waals surface area contributed by atoms with E-state index in [1.807, 2.05) is 45.0 Å². The van der Waals surface area contributed by atoms with E-state index in [0.29, 0.717) is 6.61 Å². The number of esters is 1. The Labute approximate surface area is 109 Å². The molecule has 18 heavy (non-hydrogen) atoms. The molecule has 0 radical (unpaired) electrons. The number of fused-ring (bicyclic) bond motifs is 1. The van der Waals surface area contributed by atoms with E-state index in [1.54, 1.807) is 0 Å². The average Bonchev–Trinajstić information content (AvgIpc) is 2.69. The first-order valence-corrected chi connectivity index (χ1v) is 7.25. The molecule has 0 spiro atoms. The molecule has 0 bridgehead atoms. The Hall–Kier alpha value is -1.16. The lowest BCUT2D eigenvalue weighted by atomic mass is 10.1. The zero-order chi connectivity index (χ0) is 13.1. The number of carbonyl (C=O) groups excluding carboxylic acids is 1. The third-order valence-electron chi connectivity index (χ3n) is 4.66. The molecule has 1 heterocycles. The molecule has 1 aromatic carbocycles. The van der Waals surface area contributed by atoms with Crippen LogP contribution in [0.1, 0.15) is 19.4 Å². The minimum Gasteiger partial charge on any atom is -0.464 e. The van der Waals surface area contributed by atoms with E-state index in [1.165, 1.54) is 0 Å². The van der Waals surface area contributed by atoms with Crippen LogP contribution >= 0.6 is 0 Å².